The van der Waals surface area contributed by atoms with Gasteiger partial charge in [0.2, 0.25) is 17.5 Å². The van der Waals surface area contributed by atoms with Crippen LogP contribution in [-0.2, 0) is 23.7 Å². The van der Waals surface area contributed by atoms with E-state index in [1.54, 1.807) is 12.1 Å². The molecule has 0 saturated carbocycles. The molecule has 4 aromatic rings. The number of esters is 1. The molecule has 1 aromatic heterocycles. The topological polar surface area (TPSA) is 275 Å². The van der Waals surface area contributed by atoms with E-state index >= 15 is 0 Å². The van der Waals surface area contributed by atoms with Gasteiger partial charge >= 0.3 is 5.97 Å². The summed E-state index contributed by atoms with van der Waals surface area (Å²) < 4.78 is 34.3. The fourth-order valence-corrected chi connectivity index (χ4v) is 5.82. The monoisotopic (exact) mass is 740 g/mol. The fourth-order valence-electron chi connectivity index (χ4n) is 5.82. The number of carbonyl (C=O) groups excluding carboxylic acids is 1. The van der Waals surface area contributed by atoms with Gasteiger partial charge in [-0.2, -0.15) is 0 Å². The molecule has 0 spiro atoms. The molecule has 9 N–H and O–H groups in total. The van der Waals surface area contributed by atoms with E-state index in [9.17, 15) is 55.5 Å². The summed E-state index contributed by atoms with van der Waals surface area (Å²) in [5.41, 5.74) is -0.454. The first-order chi connectivity index (χ1) is 25.2. The van der Waals surface area contributed by atoms with Gasteiger partial charge in [-0.25, -0.2) is 4.79 Å². The van der Waals surface area contributed by atoms with Crippen LogP contribution in [0.15, 0.2) is 76.0 Å². The van der Waals surface area contributed by atoms with Crippen molar-refractivity contribution in [2.45, 2.75) is 68.3 Å². The van der Waals surface area contributed by atoms with Crippen molar-refractivity contribution >= 4 is 23.0 Å². The maximum atomic E-state index is 13.9. The zero-order valence-corrected chi connectivity index (χ0v) is 27.7. The van der Waals surface area contributed by atoms with Crippen LogP contribution in [-0.4, -0.2) is 120 Å². The van der Waals surface area contributed by atoms with Crippen molar-refractivity contribution in [3.8, 4) is 40.1 Å². The van der Waals surface area contributed by atoms with Gasteiger partial charge in [-0.3, -0.25) is 4.79 Å². The van der Waals surface area contributed by atoms with Crippen LogP contribution in [0.2, 0.25) is 0 Å². The molecule has 0 amide bonds. The van der Waals surface area contributed by atoms with Gasteiger partial charge in [0.05, 0.1) is 6.10 Å². The molecule has 6 rings (SSSR count). The van der Waals surface area contributed by atoms with Crippen molar-refractivity contribution in [2.75, 3.05) is 6.61 Å². The third-order valence-corrected chi connectivity index (χ3v) is 8.72. The molecule has 282 valence electrons. The van der Waals surface area contributed by atoms with E-state index < -0.39 is 102 Å². The Morgan fingerprint density at radius 1 is 0.774 bits per heavy atom. The Balaban J connectivity index is 1.27. The summed E-state index contributed by atoms with van der Waals surface area (Å²) in [6.45, 7) is 0.741. The molecule has 3 heterocycles. The van der Waals surface area contributed by atoms with Gasteiger partial charge in [0.15, 0.2) is 18.2 Å². The number of rotatable bonds is 9. The Labute approximate surface area is 299 Å². The normalized spacial score (nSPS) is 28.9. The second-order valence-electron chi connectivity index (χ2n) is 12.5. The van der Waals surface area contributed by atoms with Crippen molar-refractivity contribution in [1.29, 1.82) is 0 Å². The number of hydrogen-bond acceptors (Lipinski definition) is 17. The molecule has 0 aliphatic carbocycles. The predicted molar refractivity (Wildman–Crippen MR) is 180 cm³/mol. The lowest BCUT2D eigenvalue weighted by Crippen LogP contribution is -2.64. The maximum absolute atomic E-state index is 13.9. The molecule has 2 aliphatic rings. The van der Waals surface area contributed by atoms with Crippen LogP contribution in [0.1, 0.15) is 12.5 Å². The fraction of sp³-hybridized carbons (Fsp3) is 0.333. The van der Waals surface area contributed by atoms with Crippen LogP contribution in [0.3, 0.4) is 0 Å². The average Bonchev–Trinajstić information content (AvgIpc) is 3.12. The van der Waals surface area contributed by atoms with Crippen molar-refractivity contribution in [3.63, 3.8) is 0 Å². The van der Waals surface area contributed by atoms with Gasteiger partial charge in [0.25, 0.3) is 0 Å². The smallest absolute Gasteiger partial charge is 0.330 e. The molecule has 0 unspecified atom stereocenters. The SMILES string of the molecule is C[C@@H]1O[C@@H](Oc2c(-c3ccc(O)cc3)oc3cc(O)cc(O)c3c2=O)[C@@H](O[C@@H]2O[C@H](COC(=O)C=Cc3ccc(O)cc3)[C@@H](O)[C@H](O)[C@H]2O)[C@H](O)[C@H]1O. The Bertz CT molecular complexity index is 2010. The third-order valence-electron chi connectivity index (χ3n) is 8.72. The molecule has 17 heteroatoms. The van der Waals surface area contributed by atoms with E-state index in [0.29, 0.717) is 5.56 Å². The number of phenols is 4. The number of aliphatic hydroxyl groups excluding tert-OH is 5. The number of aromatic hydroxyl groups is 4. The summed E-state index contributed by atoms with van der Waals surface area (Å²) >= 11 is 0. The van der Waals surface area contributed by atoms with Gasteiger partial charge in [-0.1, -0.05) is 12.1 Å². The Kier molecular flexibility index (Phi) is 10.9. The highest BCUT2D eigenvalue weighted by molar-refractivity contribution is 5.88. The molecule has 17 nitrogen and oxygen atoms in total. The number of fused-ring (bicyclic) bond motifs is 1. The summed E-state index contributed by atoms with van der Waals surface area (Å²) in [4.78, 5) is 26.3. The van der Waals surface area contributed by atoms with E-state index in [1.165, 1.54) is 49.4 Å². The van der Waals surface area contributed by atoms with Crippen molar-refractivity contribution in [1.82, 2.24) is 0 Å². The van der Waals surface area contributed by atoms with Crippen molar-refractivity contribution in [2.24, 2.45) is 0 Å². The van der Waals surface area contributed by atoms with Crippen LogP contribution in [0.4, 0.5) is 0 Å². The van der Waals surface area contributed by atoms with Crippen LogP contribution in [0.5, 0.6) is 28.7 Å². The second kappa shape index (κ2) is 15.4. The highest BCUT2D eigenvalue weighted by Crippen LogP contribution is 2.38. The highest BCUT2D eigenvalue weighted by atomic mass is 16.8. The van der Waals surface area contributed by atoms with Gasteiger partial charge in [0, 0.05) is 23.8 Å². The zero-order chi connectivity index (χ0) is 38.1. The van der Waals surface area contributed by atoms with Crippen LogP contribution in [0.25, 0.3) is 28.4 Å². The van der Waals surface area contributed by atoms with Crippen LogP contribution in [0, 0.1) is 0 Å². The van der Waals surface area contributed by atoms with Gasteiger partial charge in [-0.15, -0.1) is 0 Å². The van der Waals surface area contributed by atoms with Crippen molar-refractivity contribution < 1.29 is 78.9 Å². The lowest BCUT2D eigenvalue weighted by atomic mass is 9.97. The number of carbonyl (C=O) groups is 1. The minimum atomic E-state index is -1.97. The first kappa shape index (κ1) is 37.5. The summed E-state index contributed by atoms with van der Waals surface area (Å²) in [6.07, 6.45) is -14.8. The Morgan fingerprint density at radius 2 is 1.43 bits per heavy atom. The molecule has 3 aromatic carbocycles. The van der Waals surface area contributed by atoms with Gasteiger partial charge < -0.3 is 74.1 Å². The molecule has 53 heavy (non-hydrogen) atoms. The number of hydrogen-bond donors (Lipinski definition) is 9. The second-order valence-corrected chi connectivity index (χ2v) is 12.5. The standard InChI is InChI=1S/C36H36O17/c1-15-26(42)30(46)34(53-35-31(47)29(45)27(43)23(51-35)14-48-24(41)11-4-16-2-7-18(37)8-3-16)36(49-15)52-33-28(44)25-21(40)12-20(39)13-22(25)50-32(33)17-5-9-19(38)10-6-17/h2-13,15,23,26-27,29-31,34-40,42-43,45-47H,14H2,1H3/t15-,23+,26-,27+,29-,30+,31+,34-,35-,36-/m0/s1. The lowest BCUT2D eigenvalue weighted by molar-refractivity contribution is -0.355. The van der Waals surface area contributed by atoms with E-state index in [0.717, 1.165) is 18.2 Å². The molecular weight excluding hydrogens is 704 g/mol. The zero-order valence-electron chi connectivity index (χ0n) is 27.7. The summed E-state index contributed by atoms with van der Waals surface area (Å²) in [5, 5.41) is 93.4. The van der Waals surface area contributed by atoms with E-state index in [4.69, 9.17) is 28.1 Å². The third kappa shape index (κ3) is 7.92. The van der Waals surface area contributed by atoms with Crippen molar-refractivity contribution in [3.05, 3.63) is 82.5 Å². The van der Waals surface area contributed by atoms with Crippen LogP contribution >= 0.6 is 0 Å². The first-order valence-corrected chi connectivity index (χ1v) is 16.2. The minimum absolute atomic E-state index is 0.0280. The van der Waals surface area contributed by atoms with Crippen LogP contribution < -0.4 is 10.2 Å². The van der Waals surface area contributed by atoms with E-state index in [-0.39, 0.29) is 28.4 Å². The van der Waals surface area contributed by atoms with Gasteiger partial charge in [-0.05, 0) is 55.0 Å². The molecule has 10 atom stereocenters. The Hall–Kier alpha value is -5.24. The maximum Gasteiger partial charge on any atom is 0.330 e. The number of aliphatic hydroxyl groups is 5. The Morgan fingerprint density at radius 3 is 2.11 bits per heavy atom. The number of ether oxygens (including phenoxy) is 5. The molecule has 2 fully saturated rings. The molecular formula is C36H36O17. The number of phenolic OH excluding ortho intramolecular Hbond substituents is 4. The highest BCUT2D eigenvalue weighted by Gasteiger charge is 2.51. The first-order valence-electron chi connectivity index (χ1n) is 16.2. The molecule has 2 saturated heterocycles. The van der Waals surface area contributed by atoms with E-state index in [1.807, 2.05) is 0 Å². The summed E-state index contributed by atoms with van der Waals surface area (Å²) in [6, 6.07) is 13.2. The average molecular weight is 741 g/mol. The number of benzene rings is 3. The molecule has 0 bridgehead atoms. The molecule has 0 radical (unpaired) electrons. The predicted octanol–water partition coefficient (Wildman–Crippen LogP) is 0.577. The lowest BCUT2D eigenvalue weighted by Gasteiger charge is -2.45. The summed E-state index contributed by atoms with van der Waals surface area (Å²) in [7, 11) is 0. The minimum Gasteiger partial charge on any atom is -0.508 e. The largest absolute Gasteiger partial charge is 0.508 e. The molecule has 2 aliphatic heterocycles. The van der Waals surface area contributed by atoms with Gasteiger partial charge in [0.1, 0.15) is 77.2 Å². The quantitative estimate of drug-likeness (QED) is 0.0838. The summed E-state index contributed by atoms with van der Waals surface area (Å²) in [5.74, 6) is -2.90. The van der Waals surface area contributed by atoms with E-state index in [2.05, 4.69) is 0 Å².